The van der Waals surface area contributed by atoms with Crippen LogP contribution in [0, 0.1) is 24.4 Å². The van der Waals surface area contributed by atoms with Crippen LogP contribution < -0.4 is 10.6 Å². The highest BCUT2D eigenvalue weighted by Crippen LogP contribution is 2.24. The average molecular weight is 365 g/mol. The molecule has 1 aromatic heterocycles. The van der Waals surface area contributed by atoms with Gasteiger partial charge in [0, 0.05) is 22.5 Å². The van der Waals surface area contributed by atoms with Crippen LogP contribution in [0.4, 0.5) is 36.3 Å². The van der Waals surface area contributed by atoms with Gasteiger partial charge in [-0.25, -0.2) is 18.2 Å². The molecule has 3 rings (SSSR count). The molecular weight excluding hydrogens is 353 g/mol. The zero-order valence-corrected chi connectivity index (χ0v) is 13.7. The van der Waals surface area contributed by atoms with Gasteiger partial charge in [-0.15, -0.1) is 0 Å². The summed E-state index contributed by atoms with van der Waals surface area (Å²) >= 11 is 5.84. The van der Waals surface area contributed by atoms with Crippen molar-refractivity contribution in [2.24, 2.45) is 0 Å². The van der Waals surface area contributed by atoms with Crippen molar-refractivity contribution in [3.8, 4) is 0 Å². The fourth-order valence-electron chi connectivity index (χ4n) is 2.11. The van der Waals surface area contributed by atoms with Gasteiger partial charge in [-0.2, -0.15) is 4.98 Å². The number of anilines is 4. The number of benzene rings is 2. The number of hydrogen-bond acceptors (Lipinski definition) is 4. The molecule has 0 aliphatic rings. The average Bonchev–Trinajstić information content (AvgIpc) is 2.57. The second-order valence-corrected chi connectivity index (χ2v) is 5.63. The Labute approximate surface area is 146 Å². The highest BCUT2D eigenvalue weighted by molar-refractivity contribution is 6.30. The van der Waals surface area contributed by atoms with E-state index in [-0.39, 0.29) is 11.6 Å². The van der Waals surface area contributed by atoms with Crippen molar-refractivity contribution in [3.05, 3.63) is 70.6 Å². The molecule has 0 unspecified atom stereocenters. The van der Waals surface area contributed by atoms with E-state index < -0.39 is 17.5 Å². The van der Waals surface area contributed by atoms with Crippen molar-refractivity contribution in [3.63, 3.8) is 0 Å². The molecule has 0 atom stereocenters. The third kappa shape index (κ3) is 4.00. The van der Waals surface area contributed by atoms with E-state index in [1.807, 2.05) is 0 Å². The Morgan fingerprint density at radius 3 is 2.32 bits per heavy atom. The topological polar surface area (TPSA) is 49.8 Å². The Morgan fingerprint density at radius 2 is 1.60 bits per heavy atom. The molecule has 0 radical (unpaired) electrons. The molecule has 8 heteroatoms. The molecule has 2 N–H and O–H groups in total. The number of nitrogens with zero attached hydrogens (tertiary/aromatic N) is 2. The van der Waals surface area contributed by atoms with E-state index in [9.17, 15) is 13.2 Å². The summed E-state index contributed by atoms with van der Waals surface area (Å²) in [6.07, 6.45) is 0. The molecule has 25 heavy (non-hydrogen) atoms. The van der Waals surface area contributed by atoms with Crippen LogP contribution in [0.3, 0.4) is 0 Å². The van der Waals surface area contributed by atoms with Gasteiger partial charge >= 0.3 is 0 Å². The predicted molar refractivity (Wildman–Crippen MR) is 91.1 cm³/mol. The third-order valence-corrected chi connectivity index (χ3v) is 3.50. The first-order chi connectivity index (χ1) is 11.9. The first-order valence-corrected chi connectivity index (χ1v) is 7.59. The molecule has 0 aliphatic carbocycles. The number of nitrogens with one attached hydrogen (secondary N) is 2. The van der Waals surface area contributed by atoms with Gasteiger partial charge in [-0.1, -0.05) is 11.6 Å². The molecule has 4 nitrogen and oxygen atoms in total. The maximum Gasteiger partial charge on any atom is 0.229 e. The summed E-state index contributed by atoms with van der Waals surface area (Å²) in [7, 11) is 0. The second-order valence-electron chi connectivity index (χ2n) is 5.20. The van der Waals surface area contributed by atoms with Gasteiger partial charge in [0.25, 0.3) is 0 Å². The van der Waals surface area contributed by atoms with Crippen molar-refractivity contribution >= 4 is 34.7 Å². The van der Waals surface area contributed by atoms with Gasteiger partial charge in [0.15, 0.2) is 17.5 Å². The quantitative estimate of drug-likeness (QED) is 0.613. The molecule has 2 aromatic carbocycles. The summed E-state index contributed by atoms with van der Waals surface area (Å²) in [5, 5.41) is 6.20. The van der Waals surface area contributed by atoms with E-state index in [0.717, 1.165) is 17.8 Å². The minimum absolute atomic E-state index is 0.0429. The summed E-state index contributed by atoms with van der Waals surface area (Å²) < 4.78 is 40.1. The zero-order valence-electron chi connectivity index (χ0n) is 12.9. The highest BCUT2D eigenvalue weighted by atomic mass is 35.5. The monoisotopic (exact) mass is 364 g/mol. The second kappa shape index (κ2) is 6.98. The lowest BCUT2D eigenvalue weighted by atomic mass is 10.3. The predicted octanol–water partition coefficient (Wildman–Crippen LogP) is 5.34. The summed E-state index contributed by atoms with van der Waals surface area (Å²) in [6.45, 7) is 1.72. The number of halogens is 4. The van der Waals surface area contributed by atoms with E-state index in [0.29, 0.717) is 16.5 Å². The van der Waals surface area contributed by atoms with E-state index in [1.54, 1.807) is 37.3 Å². The molecule has 0 saturated carbocycles. The maximum absolute atomic E-state index is 13.8. The van der Waals surface area contributed by atoms with Crippen LogP contribution >= 0.6 is 11.6 Å². The van der Waals surface area contributed by atoms with Gasteiger partial charge in [0.2, 0.25) is 5.95 Å². The fourth-order valence-corrected chi connectivity index (χ4v) is 2.24. The largest absolute Gasteiger partial charge is 0.340 e. The molecule has 0 spiro atoms. The van der Waals surface area contributed by atoms with Gasteiger partial charge < -0.3 is 10.6 Å². The lowest BCUT2D eigenvalue weighted by Gasteiger charge is -2.11. The van der Waals surface area contributed by atoms with Gasteiger partial charge in [0.1, 0.15) is 5.82 Å². The Bertz CT molecular complexity index is 917. The van der Waals surface area contributed by atoms with Crippen LogP contribution in [-0.4, -0.2) is 9.97 Å². The molecule has 0 saturated heterocycles. The lowest BCUT2D eigenvalue weighted by molar-refractivity contribution is 0.449. The van der Waals surface area contributed by atoms with E-state index >= 15 is 0 Å². The Morgan fingerprint density at radius 1 is 0.880 bits per heavy atom. The molecule has 0 bridgehead atoms. The molecule has 0 fully saturated rings. The van der Waals surface area contributed by atoms with E-state index in [2.05, 4.69) is 20.6 Å². The Kier molecular flexibility index (Phi) is 4.76. The number of hydrogen-bond donors (Lipinski definition) is 2. The van der Waals surface area contributed by atoms with Crippen molar-refractivity contribution in [2.45, 2.75) is 6.92 Å². The molecular formula is C17H12ClF3N4. The number of rotatable bonds is 4. The van der Waals surface area contributed by atoms with Crippen LogP contribution in [0.15, 0.2) is 42.5 Å². The van der Waals surface area contributed by atoms with Crippen molar-refractivity contribution in [1.29, 1.82) is 0 Å². The van der Waals surface area contributed by atoms with Gasteiger partial charge in [-0.3, -0.25) is 0 Å². The molecule has 0 amide bonds. The third-order valence-electron chi connectivity index (χ3n) is 3.25. The van der Waals surface area contributed by atoms with Crippen LogP contribution in [-0.2, 0) is 0 Å². The molecule has 128 valence electrons. The lowest BCUT2D eigenvalue weighted by Crippen LogP contribution is -2.05. The molecule has 1 heterocycles. The number of aryl methyl sites for hydroxylation is 1. The number of aromatic nitrogens is 2. The molecule has 3 aromatic rings. The summed E-state index contributed by atoms with van der Waals surface area (Å²) in [5.41, 5.74) is 1.08. The van der Waals surface area contributed by atoms with Gasteiger partial charge in [-0.05, 0) is 43.3 Å². The van der Waals surface area contributed by atoms with Crippen molar-refractivity contribution in [2.75, 3.05) is 10.6 Å². The Hall–Kier alpha value is -2.80. The minimum Gasteiger partial charge on any atom is -0.340 e. The fraction of sp³-hybridized carbons (Fsp3) is 0.0588. The first-order valence-electron chi connectivity index (χ1n) is 7.21. The van der Waals surface area contributed by atoms with E-state index in [1.165, 1.54) is 0 Å². The van der Waals surface area contributed by atoms with Crippen LogP contribution in [0.5, 0.6) is 0 Å². The van der Waals surface area contributed by atoms with Crippen LogP contribution in [0.2, 0.25) is 5.02 Å². The SMILES string of the molecule is Cc1cc(Nc2ccc(Cl)cc2)nc(Nc2ccc(F)c(F)c2F)n1. The van der Waals surface area contributed by atoms with Crippen molar-refractivity contribution in [1.82, 2.24) is 9.97 Å². The van der Waals surface area contributed by atoms with Gasteiger partial charge in [0.05, 0.1) is 5.69 Å². The smallest absolute Gasteiger partial charge is 0.229 e. The summed E-state index contributed by atoms with van der Waals surface area (Å²) in [6, 6.07) is 10.5. The van der Waals surface area contributed by atoms with Crippen molar-refractivity contribution < 1.29 is 13.2 Å². The summed E-state index contributed by atoms with van der Waals surface area (Å²) in [4.78, 5) is 8.30. The van der Waals surface area contributed by atoms with Crippen LogP contribution in [0.1, 0.15) is 5.69 Å². The van der Waals surface area contributed by atoms with E-state index in [4.69, 9.17) is 11.6 Å². The Balaban J connectivity index is 1.87. The first kappa shape index (κ1) is 17.0. The highest BCUT2D eigenvalue weighted by Gasteiger charge is 2.14. The summed E-state index contributed by atoms with van der Waals surface area (Å²) in [5.74, 6) is -3.67. The standard InChI is InChI=1S/C17H12ClF3N4/c1-9-8-14(23-11-4-2-10(18)3-5-11)25-17(22-9)24-13-7-6-12(19)15(20)16(13)21/h2-8H,1H3,(H2,22,23,24,25). The molecule has 0 aliphatic heterocycles. The maximum atomic E-state index is 13.8. The zero-order chi connectivity index (χ0) is 18.0. The van der Waals surface area contributed by atoms with Crippen LogP contribution in [0.25, 0.3) is 0 Å². The normalized spacial score (nSPS) is 10.6. The minimum atomic E-state index is -1.56.